The Hall–Kier alpha value is -3.98. The highest BCUT2D eigenvalue weighted by Crippen LogP contribution is 2.15. The van der Waals surface area contributed by atoms with E-state index in [2.05, 4.69) is 9.98 Å². The number of esters is 1. The average Bonchev–Trinajstić information content (AvgIpc) is 2.81. The molecule has 0 N–H and O–H groups in total. The maximum atomic E-state index is 13.0. The molecule has 0 aliphatic carbocycles. The zero-order chi connectivity index (χ0) is 23.5. The van der Waals surface area contributed by atoms with Gasteiger partial charge in [0.05, 0.1) is 12.0 Å². The van der Waals surface area contributed by atoms with Gasteiger partial charge in [-0.25, -0.2) is 9.78 Å². The molecule has 0 fully saturated rings. The number of aryl methyl sites for hydroxylation is 1. The van der Waals surface area contributed by atoms with E-state index in [0.717, 1.165) is 0 Å². The lowest BCUT2D eigenvalue weighted by Crippen LogP contribution is -2.31. The number of hydrogen-bond acceptors (Lipinski definition) is 6. The topological polar surface area (TPSA) is 104 Å². The van der Waals surface area contributed by atoms with E-state index in [4.69, 9.17) is 21.1 Å². The van der Waals surface area contributed by atoms with Crippen LogP contribution in [0.3, 0.4) is 0 Å². The Bertz CT molecular complexity index is 1510. The quantitative estimate of drug-likeness (QED) is 0.330. The molecule has 33 heavy (non-hydrogen) atoms. The second kappa shape index (κ2) is 9.25. The fraction of sp³-hybridized carbons (Fsp3) is 0.174. The molecule has 3 heterocycles. The molecule has 9 nitrogen and oxygen atoms in total. The molecule has 0 unspecified atom stereocenters. The van der Waals surface area contributed by atoms with Crippen molar-refractivity contribution >= 4 is 40.2 Å². The summed E-state index contributed by atoms with van der Waals surface area (Å²) in [5.74, 6) is -0.904. The zero-order valence-corrected chi connectivity index (χ0v) is 18.6. The van der Waals surface area contributed by atoms with Gasteiger partial charge < -0.3 is 14.0 Å². The Kier molecular flexibility index (Phi) is 6.23. The molecule has 10 heteroatoms. The van der Waals surface area contributed by atoms with Crippen molar-refractivity contribution in [3.05, 3.63) is 81.2 Å². The molecule has 0 aliphatic rings. The maximum Gasteiger partial charge on any atom is 0.341 e. The molecule has 0 bridgehead atoms. The van der Waals surface area contributed by atoms with Gasteiger partial charge in [-0.15, -0.1) is 0 Å². The van der Waals surface area contributed by atoms with E-state index >= 15 is 0 Å². The molecular formula is C23H19ClN4O5. The Labute approximate surface area is 192 Å². The van der Waals surface area contributed by atoms with Crippen LogP contribution in [0.4, 0.5) is 0 Å². The van der Waals surface area contributed by atoms with Gasteiger partial charge in [0.15, 0.2) is 12.1 Å². The minimum Gasteiger partial charge on any atom is -0.484 e. The normalized spacial score (nSPS) is 11.7. The molecule has 0 radical (unpaired) electrons. The van der Waals surface area contributed by atoms with Crippen molar-refractivity contribution in [3.63, 3.8) is 0 Å². The lowest BCUT2D eigenvalue weighted by atomic mass is 10.2. The molecule has 4 rings (SSSR count). The standard InChI is InChI=1S/C23H19ClN4O5/c1-3-32-23(31)17-12-16-20(25-18-6-4-5-11-28(18)22(16)30)27(2)21(17)26-19(29)13-33-15-9-7-14(24)8-10-15/h4-12H,3,13H2,1-2H3. The minimum absolute atomic E-state index is 0.0119. The smallest absolute Gasteiger partial charge is 0.341 e. The first-order valence-corrected chi connectivity index (χ1v) is 10.4. The molecule has 0 spiro atoms. The predicted octanol–water partition coefficient (Wildman–Crippen LogP) is 2.52. The van der Waals surface area contributed by atoms with Crippen LogP contribution in [-0.4, -0.2) is 39.0 Å². The van der Waals surface area contributed by atoms with Crippen molar-refractivity contribution in [3.8, 4) is 5.75 Å². The van der Waals surface area contributed by atoms with E-state index in [0.29, 0.717) is 16.4 Å². The molecule has 1 amide bonds. The third-order valence-electron chi connectivity index (χ3n) is 4.82. The number of carbonyl (C=O) groups is 2. The second-order valence-electron chi connectivity index (χ2n) is 6.99. The number of ether oxygens (including phenoxy) is 2. The second-order valence-corrected chi connectivity index (χ2v) is 7.43. The highest BCUT2D eigenvalue weighted by Gasteiger charge is 2.18. The van der Waals surface area contributed by atoms with Crippen molar-refractivity contribution < 1.29 is 19.1 Å². The van der Waals surface area contributed by atoms with Gasteiger partial charge in [-0.2, -0.15) is 4.99 Å². The van der Waals surface area contributed by atoms with Crippen molar-refractivity contribution in [1.29, 1.82) is 0 Å². The lowest BCUT2D eigenvalue weighted by molar-refractivity contribution is -0.120. The van der Waals surface area contributed by atoms with E-state index in [9.17, 15) is 14.4 Å². The van der Waals surface area contributed by atoms with Gasteiger partial charge in [-0.3, -0.25) is 14.0 Å². The summed E-state index contributed by atoms with van der Waals surface area (Å²) in [5.41, 5.74) is 0.308. The first-order chi connectivity index (χ1) is 15.9. The van der Waals surface area contributed by atoms with Crippen LogP contribution in [0.2, 0.25) is 5.02 Å². The van der Waals surface area contributed by atoms with Crippen molar-refractivity contribution in [1.82, 2.24) is 14.0 Å². The fourth-order valence-electron chi connectivity index (χ4n) is 3.28. The highest BCUT2D eigenvalue weighted by atomic mass is 35.5. The number of aromatic nitrogens is 3. The number of hydrogen-bond donors (Lipinski definition) is 0. The third kappa shape index (κ3) is 4.49. The van der Waals surface area contributed by atoms with Crippen molar-refractivity contribution in [2.24, 2.45) is 12.0 Å². The molecule has 0 atom stereocenters. The Balaban J connectivity index is 1.84. The summed E-state index contributed by atoms with van der Waals surface area (Å²) in [4.78, 5) is 46.8. The van der Waals surface area contributed by atoms with Crippen LogP contribution in [-0.2, 0) is 16.6 Å². The molecular weight excluding hydrogens is 448 g/mol. The Morgan fingerprint density at radius 2 is 1.91 bits per heavy atom. The van der Waals surface area contributed by atoms with Crippen LogP contribution < -0.4 is 15.8 Å². The van der Waals surface area contributed by atoms with Crippen molar-refractivity contribution in [2.75, 3.05) is 13.2 Å². The van der Waals surface area contributed by atoms with Gasteiger partial charge >= 0.3 is 5.97 Å². The van der Waals surface area contributed by atoms with E-state index in [-0.39, 0.29) is 40.9 Å². The number of rotatable bonds is 5. The van der Waals surface area contributed by atoms with Crippen LogP contribution in [0.25, 0.3) is 16.7 Å². The number of benzene rings is 1. The number of nitrogens with zero attached hydrogens (tertiary/aromatic N) is 4. The van der Waals surface area contributed by atoms with Crippen molar-refractivity contribution in [2.45, 2.75) is 6.92 Å². The number of pyridine rings is 2. The highest BCUT2D eigenvalue weighted by molar-refractivity contribution is 6.30. The summed E-state index contributed by atoms with van der Waals surface area (Å²) in [7, 11) is 1.57. The van der Waals surface area contributed by atoms with Crippen LogP contribution >= 0.6 is 11.6 Å². The van der Waals surface area contributed by atoms with Gasteiger partial charge in [0.25, 0.3) is 11.5 Å². The summed E-state index contributed by atoms with van der Waals surface area (Å²) in [6.07, 6.45) is 1.59. The number of carbonyl (C=O) groups excluding carboxylic acids is 2. The number of halogens is 1. The molecule has 3 aromatic heterocycles. The fourth-order valence-corrected chi connectivity index (χ4v) is 3.41. The van der Waals surface area contributed by atoms with Crippen LogP contribution in [0.5, 0.6) is 5.75 Å². The Morgan fingerprint density at radius 3 is 2.64 bits per heavy atom. The molecule has 0 saturated carbocycles. The monoisotopic (exact) mass is 466 g/mol. The number of fused-ring (bicyclic) bond motifs is 2. The zero-order valence-electron chi connectivity index (χ0n) is 17.8. The van der Waals surface area contributed by atoms with E-state index in [1.54, 1.807) is 62.6 Å². The van der Waals surface area contributed by atoms with Gasteiger partial charge in [-0.05, 0) is 49.4 Å². The SMILES string of the molecule is CCOC(=O)c1cc2c(=O)n3ccccc3nc2n(C)c1=NC(=O)COc1ccc(Cl)cc1. The maximum absolute atomic E-state index is 13.0. The van der Waals surface area contributed by atoms with Crippen LogP contribution in [0, 0.1) is 0 Å². The summed E-state index contributed by atoms with van der Waals surface area (Å²) < 4.78 is 13.4. The number of amides is 1. The first-order valence-electron chi connectivity index (χ1n) is 10.0. The largest absolute Gasteiger partial charge is 0.484 e. The predicted molar refractivity (Wildman–Crippen MR) is 121 cm³/mol. The summed E-state index contributed by atoms with van der Waals surface area (Å²) in [6.45, 7) is 1.41. The Morgan fingerprint density at radius 1 is 1.15 bits per heavy atom. The van der Waals surface area contributed by atoms with E-state index in [1.165, 1.54) is 15.0 Å². The average molecular weight is 467 g/mol. The third-order valence-corrected chi connectivity index (χ3v) is 5.07. The van der Waals surface area contributed by atoms with E-state index < -0.39 is 11.9 Å². The molecule has 1 aromatic carbocycles. The summed E-state index contributed by atoms with van der Waals surface area (Å²) >= 11 is 5.85. The molecule has 168 valence electrons. The van der Waals surface area contributed by atoms with Gasteiger partial charge in [0.2, 0.25) is 0 Å². The van der Waals surface area contributed by atoms with Gasteiger partial charge in [-0.1, -0.05) is 17.7 Å². The van der Waals surface area contributed by atoms with E-state index in [1.807, 2.05) is 0 Å². The lowest BCUT2D eigenvalue weighted by Gasteiger charge is -2.11. The van der Waals surface area contributed by atoms with Gasteiger partial charge in [0.1, 0.15) is 22.6 Å². The minimum atomic E-state index is -0.710. The first kappa shape index (κ1) is 22.2. The molecule has 0 aliphatic heterocycles. The summed E-state index contributed by atoms with van der Waals surface area (Å²) in [6, 6.07) is 13.0. The van der Waals surface area contributed by atoms with Gasteiger partial charge in [0, 0.05) is 18.3 Å². The molecule has 4 aromatic rings. The molecule has 0 saturated heterocycles. The van der Waals surface area contributed by atoms with Crippen LogP contribution in [0.1, 0.15) is 17.3 Å². The van der Waals surface area contributed by atoms with Crippen LogP contribution in [0.15, 0.2) is 64.5 Å². The summed E-state index contributed by atoms with van der Waals surface area (Å²) in [5, 5.41) is 0.727.